The van der Waals surface area contributed by atoms with Gasteiger partial charge in [-0.3, -0.25) is 14.2 Å². The first kappa shape index (κ1) is 18.0. The number of amides is 1. The number of carbonyl (C=O) groups is 2. The monoisotopic (exact) mass is 347 g/mol. The normalized spacial score (nSPS) is 12.2. The molecule has 0 aliphatic rings. The number of nitrogen functional groups attached to an aromatic ring is 1. The predicted molar refractivity (Wildman–Crippen MR) is 95.2 cm³/mol. The van der Waals surface area contributed by atoms with Gasteiger partial charge in [-0.15, -0.1) is 10.2 Å². The van der Waals surface area contributed by atoms with Crippen LogP contribution in [0.1, 0.15) is 44.1 Å². The van der Waals surface area contributed by atoms with Gasteiger partial charge in [-0.25, -0.2) is 0 Å². The fourth-order valence-electron chi connectivity index (χ4n) is 2.10. The average Bonchev–Trinajstić information content (AvgIpc) is 2.88. The Labute approximate surface area is 145 Å². The molecule has 0 spiro atoms. The lowest BCUT2D eigenvalue weighted by atomic mass is 10.1. The van der Waals surface area contributed by atoms with Crippen LogP contribution in [0.5, 0.6) is 0 Å². The number of nitrogens with zero attached hydrogens (tertiary/aromatic N) is 3. The van der Waals surface area contributed by atoms with Crippen LogP contribution in [0.15, 0.2) is 29.4 Å². The van der Waals surface area contributed by atoms with Crippen molar-refractivity contribution in [1.29, 1.82) is 0 Å². The van der Waals surface area contributed by atoms with Crippen molar-refractivity contribution in [3.63, 3.8) is 0 Å². The van der Waals surface area contributed by atoms with Crippen LogP contribution in [-0.2, 0) is 4.79 Å². The van der Waals surface area contributed by atoms with Crippen LogP contribution in [0.2, 0.25) is 0 Å². The van der Waals surface area contributed by atoms with Crippen LogP contribution >= 0.6 is 11.8 Å². The Morgan fingerprint density at radius 1 is 1.17 bits per heavy atom. The largest absolute Gasteiger partial charge is 0.368 e. The molecule has 1 aromatic carbocycles. The molecule has 0 saturated heterocycles. The minimum absolute atomic E-state index is 0.0117. The van der Waals surface area contributed by atoms with E-state index in [-0.39, 0.29) is 23.0 Å². The van der Waals surface area contributed by atoms with Crippen LogP contribution in [0.4, 0.5) is 11.6 Å². The number of rotatable bonds is 6. The first-order chi connectivity index (χ1) is 11.3. The summed E-state index contributed by atoms with van der Waals surface area (Å²) in [7, 11) is 0. The highest BCUT2D eigenvalue weighted by atomic mass is 32.2. The van der Waals surface area contributed by atoms with E-state index in [1.54, 1.807) is 35.8 Å². The van der Waals surface area contributed by atoms with Gasteiger partial charge >= 0.3 is 0 Å². The van der Waals surface area contributed by atoms with Crippen molar-refractivity contribution in [2.24, 2.45) is 0 Å². The lowest BCUT2D eigenvalue weighted by molar-refractivity contribution is -0.115. The van der Waals surface area contributed by atoms with Gasteiger partial charge < -0.3 is 11.1 Å². The van der Waals surface area contributed by atoms with E-state index < -0.39 is 0 Å². The topological polar surface area (TPSA) is 103 Å². The Hall–Kier alpha value is -2.35. The summed E-state index contributed by atoms with van der Waals surface area (Å²) in [4.78, 5) is 23.6. The molecule has 0 aliphatic carbocycles. The first-order valence-corrected chi connectivity index (χ1v) is 8.46. The van der Waals surface area contributed by atoms with Crippen molar-refractivity contribution in [3.8, 4) is 0 Å². The standard InChI is InChI=1S/C16H21N5O2S/c1-9(2)21-15(17)19-20-16(21)24-11(4)14(23)18-13-7-5-12(6-8-13)10(3)22/h5-9,11H,1-4H3,(H2,17,19)(H,18,23). The van der Waals surface area contributed by atoms with E-state index in [1.807, 2.05) is 13.8 Å². The number of aromatic nitrogens is 3. The van der Waals surface area contributed by atoms with Crippen LogP contribution in [-0.4, -0.2) is 31.7 Å². The summed E-state index contributed by atoms with van der Waals surface area (Å²) in [5, 5.41) is 11.0. The molecule has 0 aliphatic heterocycles. The second kappa shape index (κ2) is 7.48. The van der Waals surface area contributed by atoms with Gasteiger partial charge in [0.05, 0.1) is 5.25 Å². The predicted octanol–water partition coefficient (Wildman–Crippen LogP) is 2.76. The van der Waals surface area contributed by atoms with Crippen LogP contribution in [0.3, 0.4) is 0 Å². The van der Waals surface area contributed by atoms with Crippen molar-refractivity contribution in [2.45, 2.75) is 44.1 Å². The van der Waals surface area contributed by atoms with Crippen molar-refractivity contribution in [1.82, 2.24) is 14.8 Å². The van der Waals surface area contributed by atoms with Gasteiger partial charge in [0.25, 0.3) is 0 Å². The van der Waals surface area contributed by atoms with E-state index in [0.29, 0.717) is 22.4 Å². The number of hydrogen-bond acceptors (Lipinski definition) is 6. The molecule has 2 aromatic rings. The maximum atomic E-state index is 12.3. The molecule has 1 atom stereocenters. The smallest absolute Gasteiger partial charge is 0.237 e. The molecule has 1 amide bonds. The fourth-order valence-corrected chi connectivity index (χ4v) is 3.09. The number of Topliss-reactive ketones (excluding diaryl/α,β-unsaturated/α-hetero) is 1. The molecule has 3 N–H and O–H groups in total. The molecule has 1 unspecified atom stereocenters. The lowest BCUT2D eigenvalue weighted by Gasteiger charge is -2.15. The van der Waals surface area contributed by atoms with E-state index in [9.17, 15) is 9.59 Å². The van der Waals surface area contributed by atoms with Gasteiger partial charge in [-0.05, 0) is 52.0 Å². The molecule has 1 heterocycles. The number of thioether (sulfide) groups is 1. The van der Waals surface area contributed by atoms with Crippen LogP contribution in [0.25, 0.3) is 0 Å². The van der Waals surface area contributed by atoms with Gasteiger partial charge in [0, 0.05) is 17.3 Å². The summed E-state index contributed by atoms with van der Waals surface area (Å²) in [6, 6.07) is 6.90. The minimum atomic E-state index is -0.376. The molecular weight excluding hydrogens is 326 g/mol. The van der Waals surface area contributed by atoms with Gasteiger partial charge in [0.15, 0.2) is 10.9 Å². The molecule has 2 rings (SSSR count). The average molecular weight is 347 g/mol. The fraction of sp³-hybridized carbons (Fsp3) is 0.375. The number of nitrogens with one attached hydrogen (secondary N) is 1. The Bertz CT molecular complexity index is 739. The molecule has 128 valence electrons. The number of carbonyl (C=O) groups excluding carboxylic acids is 2. The maximum absolute atomic E-state index is 12.3. The molecular formula is C16H21N5O2S. The first-order valence-electron chi connectivity index (χ1n) is 7.58. The van der Waals surface area contributed by atoms with Gasteiger partial charge in [-0.2, -0.15) is 0 Å². The maximum Gasteiger partial charge on any atom is 0.237 e. The summed E-state index contributed by atoms with van der Waals surface area (Å²) in [6.45, 7) is 7.25. The third kappa shape index (κ3) is 4.14. The Morgan fingerprint density at radius 3 is 2.33 bits per heavy atom. The Morgan fingerprint density at radius 2 is 1.79 bits per heavy atom. The molecule has 0 bridgehead atoms. The van der Waals surface area contributed by atoms with E-state index >= 15 is 0 Å². The molecule has 1 aromatic heterocycles. The van der Waals surface area contributed by atoms with Crippen molar-refractivity contribution in [2.75, 3.05) is 11.1 Å². The van der Waals surface area contributed by atoms with Crippen molar-refractivity contribution in [3.05, 3.63) is 29.8 Å². The summed E-state index contributed by atoms with van der Waals surface area (Å²) in [6.07, 6.45) is 0. The zero-order valence-corrected chi connectivity index (χ0v) is 14.9. The highest BCUT2D eigenvalue weighted by Gasteiger charge is 2.20. The second-order valence-corrected chi connectivity index (χ2v) is 7.00. The highest BCUT2D eigenvalue weighted by molar-refractivity contribution is 8.00. The zero-order valence-electron chi connectivity index (χ0n) is 14.1. The SMILES string of the molecule is CC(=O)c1ccc(NC(=O)C(C)Sc2nnc(N)n2C(C)C)cc1. The minimum Gasteiger partial charge on any atom is -0.368 e. The summed E-state index contributed by atoms with van der Waals surface area (Å²) >= 11 is 1.30. The Balaban J connectivity index is 2.03. The summed E-state index contributed by atoms with van der Waals surface area (Å²) in [5.41, 5.74) is 7.05. The lowest BCUT2D eigenvalue weighted by Crippen LogP contribution is -2.23. The van der Waals surface area contributed by atoms with E-state index in [4.69, 9.17) is 5.73 Å². The quantitative estimate of drug-likeness (QED) is 0.615. The van der Waals surface area contributed by atoms with Crippen LogP contribution in [0, 0.1) is 0 Å². The van der Waals surface area contributed by atoms with E-state index in [2.05, 4.69) is 15.5 Å². The molecule has 7 nitrogen and oxygen atoms in total. The highest BCUT2D eigenvalue weighted by Crippen LogP contribution is 2.27. The number of anilines is 2. The molecule has 0 radical (unpaired) electrons. The molecule has 0 saturated carbocycles. The van der Waals surface area contributed by atoms with E-state index in [0.717, 1.165) is 0 Å². The molecule has 8 heteroatoms. The Kier molecular flexibility index (Phi) is 5.61. The third-order valence-corrected chi connectivity index (χ3v) is 4.47. The molecule has 0 fully saturated rings. The number of benzene rings is 1. The number of hydrogen-bond donors (Lipinski definition) is 2. The van der Waals surface area contributed by atoms with Crippen LogP contribution < -0.4 is 11.1 Å². The zero-order chi connectivity index (χ0) is 17.9. The second-order valence-electron chi connectivity index (χ2n) is 5.69. The third-order valence-electron chi connectivity index (χ3n) is 3.42. The van der Waals surface area contributed by atoms with Gasteiger partial charge in [-0.1, -0.05) is 11.8 Å². The number of nitrogens with two attached hydrogens (primary N) is 1. The van der Waals surface area contributed by atoms with Gasteiger partial charge in [0.1, 0.15) is 0 Å². The van der Waals surface area contributed by atoms with E-state index in [1.165, 1.54) is 18.7 Å². The van der Waals surface area contributed by atoms with Gasteiger partial charge in [0.2, 0.25) is 11.9 Å². The molecule has 24 heavy (non-hydrogen) atoms. The van der Waals surface area contributed by atoms with Crippen molar-refractivity contribution >= 4 is 35.1 Å². The summed E-state index contributed by atoms with van der Waals surface area (Å²) < 4.78 is 1.79. The number of ketones is 1. The van der Waals surface area contributed by atoms with Crippen molar-refractivity contribution < 1.29 is 9.59 Å². The summed E-state index contributed by atoms with van der Waals surface area (Å²) in [5.74, 6) is 0.162.